The minimum Gasteiger partial charge on any atom is -0.508 e. The van der Waals surface area contributed by atoms with Crippen LogP contribution >= 0.6 is 0 Å². The summed E-state index contributed by atoms with van der Waals surface area (Å²) in [6.45, 7) is -0.701. The van der Waals surface area contributed by atoms with Crippen LogP contribution < -0.4 is 11.1 Å². The molecular formula is C12H16N2O5. The molecule has 0 aromatic heterocycles. The van der Waals surface area contributed by atoms with E-state index in [-0.39, 0.29) is 12.2 Å². The molecule has 0 saturated heterocycles. The van der Waals surface area contributed by atoms with Gasteiger partial charge < -0.3 is 26.4 Å². The Bertz CT molecular complexity index is 446. The SMILES string of the molecule is N[C@H](Cc1ccc(O)cc1)C(=O)NC(CO)C(=O)O. The lowest BCUT2D eigenvalue weighted by Crippen LogP contribution is -2.50. The fraction of sp³-hybridized carbons (Fsp3) is 0.333. The number of carboxylic acids is 1. The Kier molecular flexibility index (Phi) is 5.28. The molecule has 0 aliphatic heterocycles. The maximum atomic E-state index is 11.6. The average Bonchev–Trinajstić information content (AvgIpc) is 2.37. The van der Waals surface area contributed by atoms with Crippen molar-refractivity contribution in [2.45, 2.75) is 18.5 Å². The first kappa shape index (κ1) is 14.9. The van der Waals surface area contributed by atoms with Crippen LogP contribution in [-0.2, 0) is 16.0 Å². The fourth-order valence-corrected chi connectivity index (χ4v) is 1.44. The summed E-state index contributed by atoms with van der Waals surface area (Å²) in [5, 5.41) is 28.7. The summed E-state index contributed by atoms with van der Waals surface area (Å²) in [7, 11) is 0. The Labute approximate surface area is 109 Å². The van der Waals surface area contributed by atoms with Crippen molar-refractivity contribution in [3.63, 3.8) is 0 Å². The van der Waals surface area contributed by atoms with Gasteiger partial charge in [-0.3, -0.25) is 4.79 Å². The van der Waals surface area contributed by atoms with Crippen LogP contribution in [0.25, 0.3) is 0 Å². The molecule has 0 fully saturated rings. The van der Waals surface area contributed by atoms with Crippen LogP contribution in [0.15, 0.2) is 24.3 Å². The number of phenolic OH excluding ortho intramolecular Hbond substituents is 1. The Morgan fingerprint density at radius 3 is 2.32 bits per heavy atom. The molecule has 1 amide bonds. The molecule has 19 heavy (non-hydrogen) atoms. The van der Waals surface area contributed by atoms with Crippen molar-refractivity contribution in [2.75, 3.05) is 6.61 Å². The standard InChI is InChI=1S/C12H16N2O5/c13-9(5-7-1-3-8(16)4-2-7)11(17)14-10(6-15)12(18)19/h1-4,9-10,15-16H,5-6,13H2,(H,14,17)(H,18,19)/t9-,10?/m1/s1. The number of carbonyl (C=O) groups excluding carboxylic acids is 1. The van der Waals surface area contributed by atoms with E-state index in [1.165, 1.54) is 12.1 Å². The number of hydrogen-bond acceptors (Lipinski definition) is 5. The van der Waals surface area contributed by atoms with Crippen molar-refractivity contribution < 1.29 is 24.9 Å². The molecule has 7 nitrogen and oxygen atoms in total. The van der Waals surface area contributed by atoms with Crippen molar-refractivity contribution in [2.24, 2.45) is 5.73 Å². The van der Waals surface area contributed by atoms with Gasteiger partial charge in [0.1, 0.15) is 11.8 Å². The predicted molar refractivity (Wildman–Crippen MR) is 66.4 cm³/mol. The van der Waals surface area contributed by atoms with Gasteiger partial charge in [-0.2, -0.15) is 0 Å². The zero-order chi connectivity index (χ0) is 14.4. The molecule has 1 aromatic rings. The number of carbonyl (C=O) groups is 2. The van der Waals surface area contributed by atoms with E-state index in [0.29, 0.717) is 0 Å². The molecule has 1 aromatic carbocycles. The van der Waals surface area contributed by atoms with E-state index in [1.54, 1.807) is 12.1 Å². The average molecular weight is 268 g/mol. The summed E-state index contributed by atoms with van der Waals surface area (Å²) < 4.78 is 0. The highest BCUT2D eigenvalue weighted by Crippen LogP contribution is 2.10. The number of nitrogens with two attached hydrogens (primary N) is 1. The third kappa shape index (κ3) is 4.57. The van der Waals surface area contributed by atoms with Crippen molar-refractivity contribution in [3.05, 3.63) is 29.8 Å². The summed E-state index contributed by atoms with van der Waals surface area (Å²) in [4.78, 5) is 22.3. The maximum absolute atomic E-state index is 11.6. The summed E-state index contributed by atoms with van der Waals surface area (Å²) in [6.07, 6.45) is 0.198. The molecule has 0 radical (unpaired) electrons. The number of benzene rings is 1. The molecule has 7 heteroatoms. The van der Waals surface area contributed by atoms with Gasteiger partial charge in [0.15, 0.2) is 0 Å². The van der Waals surface area contributed by atoms with Crippen LogP contribution in [-0.4, -0.2) is 45.9 Å². The monoisotopic (exact) mass is 268 g/mol. The van der Waals surface area contributed by atoms with Gasteiger partial charge in [-0.15, -0.1) is 0 Å². The molecule has 6 N–H and O–H groups in total. The zero-order valence-corrected chi connectivity index (χ0v) is 10.1. The first-order chi connectivity index (χ1) is 8.93. The van der Waals surface area contributed by atoms with Gasteiger partial charge in [0.2, 0.25) is 5.91 Å². The van der Waals surface area contributed by atoms with Crippen LogP contribution in [0.1, 0.15) is 5.56 Å². The molecule has 104 valence electrons. The molecule has 0 bridgehead atoms. The van der Waals surface area contributed by atoms with E-state index >= 15 is 0 Å². The minimum absolute atomic E-state index is 0.105. The van der Waals surface area contributed by atoms with E-state index in [9.17, 15) is 9.59 Å². The lowest BCUT2D eigenvalue weighted by atomic mass is 10.1. The van der Waals surface area contributed by atoms with E-state index in [0.717, 1.165) is 5.56 Å². The predicted octanol–water partition coefficient (Wildman–Crippen LogP) is -1.18. The van der Waals surface area contributed by atoms with E-state index in [4.69, 9.17) is 21.1 Å². The van der Waals surface area contributed by atoms with Crippen molar-refractivity contribution >= 4 is 11.9 Å². The normalized spacial score (nSPS) is 13.6. The van der Waals surface area contributed by atoms with Gasteiger partial charge in [-0.05, 0) is 24.1 Å². The van der Waals surface area contributed by atoms with Gasteiger partial charge in [0.25, 0.3) is 0 Å². The highest BCUT2D eigenvalue weighted by Gasteiger charge is 2.22. The number of amides is 1. The summed E-state index contributed by atoms with van der Waals surface area (Å²) in [5.74, 6) is -1.88. The van der Waals surface area contributed by atoms with Crippen molar-refractivity contribution in [3.8, 4) is 5.75 Å². The van der Waals surface area contributed by atoms with Crippen LogP contribution in [0.3, 0.4) is 0 Å². The number of aromatic hydroxyl groups is 1. The third-order valence-electron chi connectivity index (χ3n) is 2.53. The molecule has 1 rings (SSSR count). The number of aliphatic carboxylic acids is 1. The number of rotatable bonds is 6. The molecule has 0 aliphatic carbocycles. The number of phenols is 1. The molecule has 0 saturated carbocycles. The lowest BCUT2D eigenvalue weighted by molar-refractivity contribution is -0.143. The highest BCUT2D eigenvalue weighted by atomic mass is 16.4. The minimum atomic E-state index is -1.36. The molecule has 1 unspecified atom stereocenters. The zero-order valence-electron chi connectivity index (χ0n) is 10.1. The largest absolute Gasteiger partial charge is 0.508 e. The number of aliphatic hydroxyl groups is 1. The molecule has 0 heterocycles. The van der Waals surface area contributed by atoms with Crippen LogP contribution in [0.4, 0.5) is 0 Å². The Morgan fingerprint density at radius 2 is 1.84 bits per heavy atom. The number of nitrogens with one attached hydrogen (secondary N) is 1. The van der Waals surface area contributed by atoms with Gasteiger partial charge >= 0.3 is 5.97 Å². The van der Waals surface area contributed by atoms with Crippen molar-refractivity contribution in [1.29, 1.82) is 0 Å². The van der Waals surface area contributed by atoms with E-state index < -0.39 is 30.6 Å². The second-order valence-electron chi connectivity index (χ2n) is 4.06. The fourth-order valence-electron chi connectivity index (χ4n) is 1.44. The summed E-state index contributed by atoms with van der Waals surface area (Å²) in [6, 6.07) is 3.87. The summed E-state index contributed by atoms with van der Waals surface area (Å²) in [5.41, 5.74) is 6.37. The van der Waals surface area contributed by atoms with Crippen LogP contribution in [0.5, 0.6) is 5.75 Å². The Hall–Kier alpha value is -2.12. The molecule has 2 atom stereocenters. The first-order valence-electron chi connectivity index (χ1n) is 5.61. The number of carboxylic acid groups (broad SMARTS) is 1. The van der Waals surface area contributed by atoms with Gasteiger partial charge in [-0.25, -0.2) is 4.79 Å². The first-order valence-corrected chi connectivity index (χ1v) is 5.61. The van der Waals surface area contributed by atoms with E-state index in [2.05, 4.69) is 5.32 Å². The van der Waals surface area contributed by atoms with Gasteiger partial charge in [0.05, 0.1) is 12.6 Å². The van der Waals surface area contributed by atoms with Gasteiger partial charge in [0, 0.05) is 0 Å². The summed E-state index contributed by atoms with van der Waals surface area (Å²) >= 11 is 0. The topological polar surface area (TPSA) is 133 Å². The Morgan fingerprint density at radius 1 is 1.26 bits per heavy atom. The molecule has 0 spiro atoms. The second kappa shape index (κ2) is 6.72. The maximum Gasteiger partial charge on any atom is 0.328 e. The Balaban J connectivity index is 2.57. The number of aliphatic hydroxyl groups excluding tert-OH is 1. The smallest absolute Gasteiger partial charge is 0.328 e. The van der Waals surface area contributed by atoms with Crippen molar-refractivity contribution in [1.82, 2.24) is 5.32 Å². The highest BCUT2D eigenvalue weighted by molar-refractivity contribution is 5.87. The second-order valence-corrected chi connectivity index (χ2v) is 4.06. The third-order valence-corrected chi connectivity index (χ3v) is 2.53. The molecule has 0 aliphatic rings. The van der Waals surface area contributed by atoms with Gasteiger partial charge in [-0.1, -0.05) is 12.1 Å². The van der Waals surface area contributed by atoms with E-state index in [1.807, 2.05) is 0 Å². The quantitative estimate of drug-likeness (QED) is 0.441. The lowest BCUT2D eigenvalue weighted by Gasteiger charge is -2.16. The van der Waals surface area contributed by atoms with Crippen LogP contribution in [0.2, 0.25) is 0 Å². The molecular weight excluding hydrogens is 252 g/mol. The number of hydrogen-bond donors (Lipinski definition) is 5. The van der Waals surface area contributed by atoms with Crippen LogP contribution in [0, 0.1) is 0 Å².